The van der Waals surface area contributed by atoms with Crippen LogP contribution >= 0.6 is 11.3 Å². The van der Waals surface area contributed by atoms with Gasteiger partial charge in [-0.15, -0.1) is 11.3 Å². The van der Waals surface area contributed by atoms with Gasteiger partial charge in [-0.3, -0.25) is 0 Å². The lowest BCUT2D eigenvalue weighted by Crippen LogP contribution is -2.29. The van der Waals surface area contributed by atoms with Crippen LogP contribution in [0.25, 0.3) is 0 Å². The van der Waals surface area contributed by atoms with E-state index in [4.69, 9.17) is 0 Å². The summed E-state index contributed by atoms with van der Waals surface area (Å²) < 4.78 is 0. The average molecular weight is 235 g/mol. The lowest BCUT2D eigenvalue weighted by molar-refractivity contribution is 0.601. The summed E-state index contributed by atoms with van der Waals surface area (Å²) >= 11 is 1.87. The molecule has 0 spiro atoms. The van der Waals surface area contributed by atoms with E-state index >= 15 is 0 Å². The zero-order valence-electron chi connectivity index (χ0n) is 10.0. The molecular formula is C14H21NS. The largest absolute Gasteiger partial charge is 0.313 e. The van der Waals surface area contributed by atoms with Crippen molar-refractivity contribution in [3.05, 3.63) is 34.0 Å². The summed E-state index contributed by atoms with van der Waals surface area (Å²) in [6.45, 7) is 0. The second-order valence-corrected chi connectivity index (χ2v) is 5.54. The summed E-state index contributed by atoms with van der Waals surface area (Å²) in [7, 11) is 2.09. The van der Waals surface area contributed by atoms with Gasteiger partial charge >= 0.3 is 0 Å². The number of thiophene rings is 1. The van der Waals surface area contributed by atoms with E-state index in [0.29, 0.717) is 6.04 Å². The van der Waals surface area contributed by atoms with Crippen LogP contribution in [-0.2, 0) is 6.42 Å². The molecular weight excluding hydrogens is 214 g/mol. The van der Waals surface area contributed by atoms with E-state index in [-0.39, 0.29) is 0 Å². The van der Waals surface area contributed by atoms with Gasteiger partial charge in [-0.05, 0) is 44.2 Å². The van der Waals surface area contributed by atoms with Crippen molar-refractivity contribution in [1.82, 2.24) is 5.32 Å². The van der Waals surface area contributed by atoms with Gasteiger partial charge in [0.15, 0.2) is 0 Å². The Bertz CT molecular complexity index is 327. The number of hydrogen-bond acceptors (Lipinski definition) is 2. The predicted molar refractivity (Wildman–Crippen MR) is 72.0 cm³/mol. The molecule has 0 fully saturated rings. The van der Waals surface area contributed by atoms with Crippen LogP contribution in [0.5, 0.6) is 0 Å². The summed E-state index contributed by atoms with van der Waals surface area (Å²) in [6, 6.07) is 4.94. The molecule has 2 rings (SSSR count). The first-order chi connectivity index (χ1) is 7.90. The average Bonchev–Trinajstić information content (AvgIpc) is 2.67. The highest BCUT2D eigenvalue weighted by Gasteiger charge is 2.14. The van der Waals surface area contributed by atoms with E-state index in [1.165, 1.54) is 37.0 Å². The maximum Gasteiger partial charge on any atom is 0.0325 e. The summed E-state index contributed by atoms with van der Waals surface area (Å²) in [4.78, 5) is 1.49. The van der Waals surface area contributed by atoms with Gasteiger partial charge in [0.05, 0.1) is 0 Å². The van der Waals surface area contributed by atoms with Gasteiger partial charge in [0.1, 0.15) is 0 Å². The van der Waals surface area contributed by atoms with E-state index in [1.54, 1.807) is 5.57 Å². The summed E-state index contributed by atoms with van der Waals surface area (Å²) in [5, 5.41) is 5.65. The third kappa shape index (κ3) is 3.19. The van der Waals surface area contributed by atoms with Gasteiger partial charge in [0, 0.05) is 17.3 Å². The van der Waals surface area contributed by atoms with Crippen molar-refractivity contribution in [3.63, 3.8) is 0 Å². The molecule has 0 aliphatic heterocycles. The standard InChI is InChI=1S/C14H21NS/c1-15-14(11-13-9-6-10-16-13)12-7-4-2-3-5-8-12/h6-7,9-10,14-15H,2-5,8,11H2,1H3. The van der Waals surface area contributed by atoms with Crippen molar-refractivity contribution in [2.75, 3.05) is 7.05 Å². The first-order valence-electron chi connectivity index (χ1n) is 6.28. The van der Waals surface area contributed by atoms with Crippen molar-refractivity contribution in [2.24, 2.45) is 0 Å². The van der Waals surface area contributed by atoms with E-state index in [0.717, 1.165) is 6.42 Å². The molecule has 1 aliphatic rings. The van der Waals surface area contributed by atoms with Gasteiger partial charge in [-0.25, -0.2) is 0 Å². The second kappa shape index (κ2) is 6.21. The van der Waals surface area contributed by atoms with Gasteiger partial charge < -0.3 is 5.32 Å². The van der Waals surface area contributed by atoms with E-state index in [1.807, 2.05) is 11.3 Å². The Morgan fingerprint density at radius 2 is 2.31 bits per heavy atom. The van der Waals surface area contributed by atoms with Crippen molar-refractivity contribution >= 4 is 11.3 Å². The van der Waals surface area contributed by atoms with E-state index in [2.05, 4.69) is 36.0 Å². The third-order valence-electron chi connectivity index (χ3n) is 3.36. The fraction of sp³-hybridized carbons (Fsp3) is 0.571. The smallest absolute Gasteiger partial charge is 0.0325 e. The highest BCUT2D eigenvalue weighted by atomic mass is 32.1. The van der Waals surface area contributed by atoms with Crippen molar-refractivity contribution in [3.8, 4) is 0 Å². The van der Waals surface area contributed by atoms with Gasteiger partial charge in [-0.2, -0.15) is 0 Å². The summed E-state index contributed by atoms with van der Waals surface area (Å²) in [6.07, 6.45) is 10.3. The number of hydrogen-bond donors (Lipinski definition) is 1. The molecule has 0 amide bonds. The minimum atomic E-state index is 0.553. The van der Waals surface area contributed by atoms with Gasteiger partial charge in [0.2, 0.25) is 0 Å². The summed E-state index contributed by atoms with van der Waals surface area (Å²) in [5.74, 6) is 0. The zero-order chi connectivity index (χ0) is 11.2. The molecule has 0 aromatic carbocycles. The second-order valence-electron chi connectivity index (χ2n) is 4.50. The van der Waals surface area contributed by atoms with Gasteiger partial charge in [0.25, 0.3) is 0 Å². The van der Waals surface area contributed by atoms with Crippen LogP contribution in [0.15, 0.2) is 29.2 Å². The van der Waals surface area contributed by atoms with Crippen molar-refractivity contribution in [2.45, 2.75) is 44.6 Å². The Labute approximate surface area is 103 Å². The lowest BCUT2D eigenvalue weighted by Gasteiger charge is -2.18. The van der Waals surface area contributed by atoms with Crippen molar-refractivity contribution < 1.29 is 0 Å². The molecule has 0 saturated heterocycles. The first kappa shape index (κ1) is 11.9. The molecule has 16 heavy (non-hydrogen) atoms. The summed E-state index contributed by atoms with van der Waals surface area (Å²) in [5.41, 5.74) is 1.63. The van der Waals surface area contributed by atoms with Gasteiger partial charge in [-0.1, -0.05) is 24.1 Å². The fourth-order valence-corrected chi connectivity index (χ4v) is 3.16. The predicted octanol–water partition coefficient (Wildman–Crippen LogP) is 3.77. The molecule has 1 aromatic heterocycles. The molecule has 1 unspecified atom stereocenters. The maximum atomic E-state index is 3.48. The SMILES string of the molecule is CNC(Cc1cccs1)C1=CCCCCC1. The lowest BCUT2D eigenvalue weighted by atomic mass is 9.99. The molecule has 0 saturated carbocycles. The Morgan fingerprint density at radius 3 is 3.06 bits per heavy atom. The van der Waals surface area contributed by atoms with Crippen LogP contribution in [0, 0.1) is 0 Å². The number of likely N-dealkylation sites (N-methyl/N-ethyl adjacent to an activating group) is 1. The molecule has 1 aromatic rings. The number of allylic oxidation sites excluding steroid dienone is 1. The highest BCUT2D eigenvalue weighted by Crippen LogP contribution is 2.23. The molecule has 2 heteroatoms. The molecule has 1 aliphatic carbocycles. The Kier molecular flexibility index (Phi) is 4.61. The number of rotatable bonds is 4. The van der Waals surface area contributed by atoms with Crippen LogP contribution < -0.4 is 5.32 Å². The van der Waals surface area contributed by atoms with E-state index in [9.17, 15) is 0 Å². The number of nitrogens with one attached hydrogen (secondary N) is 1. The molecule has 1 heterocycles. The minimum absolute atomic E-state index is 0.553. The maximum absolute atomic E-state index is 3.48. The van der Waals surface area contributed by atoms with Crippen molar-refractivity contribution in [1.29, 1.82) is 0 Å². The van der Waals surface area contributed by atoms with Crippen LogP contribution in [0.4, 0.5) is 0 Å². The zero-order valence-corrected chi connectivity index (χ0v) is 10.9. The molecule has 0 radical (unpaired) electrons. The van der Waals surface area contributed by atoms with E-state index < -0.39 is 0 Å². The Balaban J connectivity index is 2.00. The fourth-order valence-electron chi connectivity index (χ4n) is 2.40. The third-order valence-corrected chi connectivity index (χ3v) is 4.26. The molecule has 1 nitrogen and oxygen atoms in total. The quantitative estimate of drug-likeness (QED) is 0.783. The molecule has 1 atom stereocenters. The van der Waals surface area contributed by atoms with Crippen LogP contribution in [0.2, 0.25) is 0 Å². The normalized spacial score (nSPS) is 18.9. The monoisotopic (exact) mass is 235 g/mol. The Morgan fingerprint density at radius 1 is 1.38 bits per heavy atom. The topological polar surface area (TPSA) is 12.0 Å². The first-order valence-corrected chi connectivity index (χ1v) is 7.16. The molecule has 0 bridgehead atoms. The highest BCUT2D eigenvalue weighted by molar-refractivity contribution is 7.09. The van der Waals surface area contributed by atoms with Crippen LogP contribution in [0.1, 0.15) is 37.0 Å². The molecule has 1 N–H and O–H groups in total. The molecule has 88 valence electrons. The van der Waals surface area contributed by atoms with Crippen LogP contribution in [0.3, 0.4) is 0 Å². The van der Waals surface area contributed by atoms with Crippen LogP contribution in [-0.4, -0.2) is 13.1 Å². The Hall–Kier alpha value is -0.600. The minimum Gasteiger partial charge on any atom is -0.313 e.